The zero-order valence-corrected chi connectivity index (χ0v) is 8.22. The lowest BCUT2D eigenvalue weighted by Gasteiger charge is -1.95. The number of hydrogen-bond acceptors (Lipinski definition) is 3. The predicted molar refractivity (Wildman–Crippen MR) is 55.1 cm³/mol. The molecule has 0 aliphatic rings. The van der Waals surface area contributed by atoms with Crippen LogP contribution in [0.3, 0.4) is 0 Å². The lowest BCUT2D eigenvalue weighted by molar-refractivity contribution is 0.111. The van der Waals surface area contributed by atoms with Crippen molar-refractivity contribution in [2.45, 2.75) is 6.42 Å². The second kappa shape index (κ2) is 6.17. The number of aldehydes is 1. The number of carbonyl (C=O) groups is 1. The molecule has 0 N–H and O–H groups in total. The van der Waals surface area contributed by atoms with Gasteiger partial charge in [-0.05, 0) is 11.6 Å². The van der Waals surface area contributed by atoms with Crippen molar-refractivity contribution >= 4 is 6.29 Å². The summed E-state index contributed by atoms with van der Waals surface area (Å²) >= 11 is 0. The van der Waals surface area contributed by atoms with Gasteiger partial charge in [0, 0.05) is 29.6 Å². The maximum Gasteiger partial charge on any atom is 0.224 e. The topological polar surface area (TPSA) is 78.7 Å². The third-order valence-electron chi connectivity index (χ3n) is 1.68. The molecule has 0 aliphatic carbocycles. The van der Waals surface area contributed by atoms with Crippen LogP contribution in [0, 0.1) is 17.8 Å². The summed E-state index contributed by atoms with van der Waals surface area (Å²) < 4.78 is 13.0. The molecule has 0 radical (unpaired) electrons. The summed E-state index contributed by atoms with van der Waals surface area (Å²) in [6, 6.07) is 1.45. The van der Waals surface area contributed by atoms with Crippen LogP contribution in [-0.4, -0.2) is 17.8 Å². The van der Waals surface area contributed by atoms with Gasteiger partial charge in [-0.15, -0.1) is 0 Å². The summed E-state index contributed by atoms with van der Waals surface area (Å²) in [6.07, 6.45) is 1.96. The molecule has 0 aromatic carbocycles. The van der Waals surface area contributed by atoms with E-state index in [-0.39, 0.29) is 17.7 Å². The lowest BCUT2D eigenvalue weighted by atomic mass is 10.1. The number of azide groups is 1. The maximum atomic E-state index is 13.0. The van der Waals surface area contributed by atoms with E-state index in [1.165, 1.54) is 12.3 Å². The smallest absolute Gasteiger partial charge is 0.224 e. The van der Waals surface area contributed by atoms with Gasteiger partial charge in [0.25, 0.3) is 0 Å². The van der Waals surface area contributed by atoms with Crippen molar-refractivity contribution in [2.75, 3.05) is 6.54 Å². The van der Waals surface area contributed by atoms with Gasteiger partial charge >= 0.3 is 0 Å². The van der Waals surface area contributed by atoms with Crippen LogP contribution >= 0.6 is 0 Å². The van der Waals surface area contributed by atoms with Crippen LogP contribution in [0.4, 0.5) is 4.39 Å². The Labute approximate surface area is 90.9 Å². The molecule has 16 heavy (non-hydrogen) atoms. The fraction of sp³-hybridized carbons (Fsp3) is 0.200. The molecule has 1 aromatic rings. The SMILES string of the molecule is [N-]=[N+]=NCCC#Cc1ccnc(F)c1C=O. The van der Waals surface area contributed by atoms with Crippen molar-refractivity contribution < 1.29 is 9.18 Å². The summed E-state index contributed by atoms with van der Waals surface area (Å²) in [5.41, 5.74) is 8.13. The molecule has 0 unspecified atom stereocenters. The number of nitrogens with zero attached hydrogens (tertiary/aromatic N) is 4. The highest BCUT2D eigenvalue weighted by Crippen LogP contribution is 2.06. The minimum atomic E-state index is -0.836. The van der Waals surface area contributed by atoms with E-state index < -0.39 is 5.95 Å². The van der Waals surface area contributed by atoms with Gasteiger partial charge in [-0.1, -0.05) is 17.0 Å². The molecule has 5 nitrogen and oxygen atoms in total. The molecule has 1 aromatic heterocycles. The number of pyridine rings is 1. The average Bonchev–Trinajstić information content (AvgIpc) is 2.29. The highest BCUT2D eigenvalue weighted by atomic mass is 19.1. The molecule has 1 rings (SSSR count). The van der Waals surface area contributed by atoms with E-state index in [4.69, 9.17) is 5.53 Å². The third kappa shape index (κ3) is 3.08. The molecule has 0 aliphatic heterocycles. The van der Waals surface area contributed by atoms with Crippen molar-refractivity contribution in [1.29, 1.82) is 0 Å². The Kier molecular flexibility index (Phi) is 4.51. The molecule has 0 saturated heterocycles. The molecule has 0 saturated carbocycles. The first-order chi connectivity index (χ1) is 7.79. The Bertz CT molecular complexity index is 497. The molecule has 0 atom stereocenters. The van der Waals surface area contributed by atoms with Gasteiger partial charge in [0.15, 0.2) is 6.29 Å². The van der Waals surface area contributed by atoms with Crippen molar-refractivity contribution in [3.63, 3.8) is 0 Å². The molecule has 0 fully saturated rings. The number of halogens is 1. The molecule has 0 bridgehead atoms. The Morgan fingerprint density at radius 3 is 3.19 bits per heavy atom. The van der Waals surface area contributed by atoms with Crippen LogP contribution < -0.4 is 0 Å². The monoisotopic (exact) mass is 218 g/mol. The molecular weight excluding hydrogens is 211 g/mol. The second-order valence-corrected chi connectivity index (χ2v) is 2.69. The molecular formula is C10H7FN4O. The molecule has 0 amide bonds. The first-order valence-electron chi connectivity index (χ1n) is 4.39. The van der Waals surface area contributed by atoms with Gasteiger partial charge in [0.1, 0.15) is 0 Å². The normalized spacial score (nSPS) is 8.56. The summed E-state index contributed by atoms with van der Waals surface area (Å²) in [5.74, 6) is 4.45. The summed E-state index contributed by atoms with van der Waals surface area (Å²) in [5, 5.41) is 3.29. The van der Waals surface area contributed by atoms with Crippen molar-refractivity contribution in [1.82, 2.24) is 4.98 Å². The largest absolute Gasteiger partial charge is 0.298 e. The van der Waals surface area contributed by atoms with Crippen LogP contribution in [-0.2, 0) is 0 Å². The van der Waals surface area contributed by atoms with E-state index in [0.29, 0.717) is 12.7 Å². The van der Waals surface area contributed by atoms with Crippen LogP contribution in [0.25, 0.3) is 10.4 Å². The van der Waals surface area contributed by atoms with Crippen LogP contribution in [0.5, 0.6) is 0 Å². The van der Waals surface area contributed by atoms with E-state index >= 15 is 0 Å². The van der Waals surface area contributed by atoms with Crippen LogP contribution in [0.15, 0.2) is 17.4 Å². The van der Waals surface area contributed by atoms with Crippen molar-refractivity contribution in [3.05, 3.63) is 39.8 Å². The van der Waals surface area contributed by atoms with Crippen LogP contribution in [0.2, 0.25) is 0 Å². The molecule has 6 heteroatoms. The van der Waals surface area contributed by atoms with E-state index in [0.717, 1.165) is 0 Å². The second-order valence-electron chi connectivity index (χ2n) is 2.69. The Balaban J connectivity index is 2.84. The Morgan fingerprint density at radius 2 is 2.50 bits per heavy atom. The van der Waals surface area contributed by atoms with E-state index in [1.807, 2.05) is 0 Å². The van der Waals surface area contributed by atoms with Crippen molar-refractivity contribution in [3.8, 4) is 11.8 Å². The van der Waals surface area contributed by atoms with E-state index in [1.54, 1.807) is 0 Å². The highest BCUT2D eigenvalue weighted by molar-refractivity contribution is 5.79. The highest BCUT2D eigenvalue weighted by Gasteiger charge is 2.05. The van der Waals surface area contributed by atoms with Gasteiger partial charge < -0.3 is 0 Å². The van der Waals surface area contributed by atoms with Gasteiger partial charge in [-0.25, -0.2) is 4.98 Å². The Morgan fingerprint density at radius 1 is 1.69 bits per heavy atom. The van der Waals surface area contributed by atoms with Crippen LogP contribution in [0.1, 0.15) is 22.3 Å². The lowest BCUT2D eigenvalue weighted by Crippen LogP contribution is -1.95. The quantitative estimate of drug-likeness (QED) is 0.148. The average molecular weight is 218 g/mol. The molecule has 80 valence electrons. The minimum Gasteiger partial charge on any atom is -0.298 e. The van der Waals surface area contributed by atoms with Crippen molar-refractivity contribution in [2.24, 2.45) is 5.11 Å². The Hall–Kier alpha value is -2.38. The zero-order valence-electron chi connectivity index (χ0n) is 8.22. The van der Waals surface area contributed by atoms with E-state index in [2.05, 4.69) is 26.9 Å². The molecule has 1 heterocycles. The standard InChI is InChI=1S/C10H7FN4O/c11-10-9(7-16)8(4-6-13-10)3-1-2-5-14-15-12/h4,6-7H,2,5H2. The van der Waals surface area contributed by atoms with Gasteiger partial charge in [0.05, 0.1) is 5.56 Å². The van der Waals surface area contributed by atoms with Gasteiger partial charge in [-0.3, -0.25) is 4.79 Å². The predicted octanol–water partition coefficient (Wildman–Crippen LogP) is 2.09. The summed E-state index contributed by atoms with van der Waals surface area (Å²) in [6.45, 7) is 0.244. The van der Waals surface area contributed by atoms with E-state index in [9.17, 15) is 9.18 Å². The number of aromatic nitrogens is 1. The summed E-state index contributed by atoms with van der Waals surface area (Å²) in [7, 11) is 0. The molecule has 0 spiro atoms. The zero-order chi connectivity index (χ0) is 11.8. The number of hydrogen-bond donors (Lipinski definition) is 0. The van der Waals surface area contributed by atoms with Gasteiger partial charge in [-0.2, -0.15) is 4.39 Å². The fourth-order valence-electron chi connectivity index (χ4n) is 0.977. The number of rotatable bonds is 3. The third-order valence-corrected chi connectivity index (χ3v) is 1.68. The summed E-state index contributed by atoms with van der Waals surface area (Å²) in [4.78, 5) is 16.5. The maximum absolute atomic E-state index is 13.0. The fourth-order valence-corrected chi connectivity index (χ4v) is 0.977. The number of carbonyl (C=O) groups excluding carboxylic acids is 1. The first-order valence-corrected chi connectivity index (χ1v) is 4.39. The first kappa shape index (κ1) is 11.7. The minimum absolute atomic E-state index is 0.154. The van der Waals surface area contributed by atoms with Gasteiger partial charge in [0.2, 0.25) is 5.95 Å².